The summed E-state index contributed by atoms with van der Waals surface area (Å²) < 4.78 is 17.2. The Labute approximate surface area is 174 Å². The summed E-state index contributed by atoms with van der Waals surface area (Å²) in [4.78, 5) is 13.3. The molecule has 7 nitrogen and oxygen atoms in total. The van der Waals surface area contributed by atoms with Crippen LogP contribution in [0.4, 0.5) is 5.69 Å². The summed E-state index contributed by atoms with van der Waals surface area (Å²) in [5, 5.41) is 9.78. The average Bonchev–Trinajstić information content (AvgIpc) is 2.68. The number of fused-ring (bicyclic) bond motifs is 4. The lowest BCUT2D eigenvalue weighted by Gasteiger charge is -2.50. The monoisotopic (exact) mass is 413 g/mol. The molecule has 0 radical (unpaired) electrons. The standard InChI is InChI=1S/C21H23N3O4S/c1-4-27-15-7-5-6-14-17-16(21(2,28-18(14)15)24-20(29)23-17)19(25)22-12-8-10-13(26-3)11-9-12/h5-11,16-17H,4H2,1-3H3,(H,22,25)(H2,23,24,29)/t16-,17-,21+/m1/s1. The lowest BCUT2D eigenvalue weighted by atomic mass is 9.79. The predicted octanol–water partition coefficient (Wildman–Crippen LogP) is 2.98. The van der Waals surface area contributed by atoms with Gasteiger partial charge >= 0.3 is 0 Å². The molecule has 3 atom stereocenters. The van der Waals surface area contributed by atoms with Crippen LogP contribution in [-0.4, -0.2) is 30.5 Å². The zero-order valence-corrected chi connectivity index (χ0v) is 17.3. The molecule has 4 rings (SSSR count). The van der Waals surface area contributed by atoms with Gasteiger partial charge in [0.1, 0.15) is 11.7 Å². The SMILES string of the molecule is CCOc1cccc2c1O[C@]1(C)NC(=S)N[C@H]2[C@@H]1C(=O)Nc1ccc(OC)cc1. The van der Waals surface area contributed by atoms with Crippen molar-refractivity contribution in [3.8, 4) is 17.2 Å². The summed E-state index contributed by atoms with van der Waals surface area (Å²) in [7, 11) is 1.60. The molecular weight excluding hydrogens is 390 g/mol. The molecule has 2 aliphatic rings. The number of benzene rings is 2. The van der Waals surface area contributed by atoms with Gasteiger partial charge in [0.15, 0.2) is 22.3 Å². The Morgan fingerprint density at radius 2 is 2.03 bits per heavy atom. The molecule has 2 heterocycles. The van der Waals surface area contributed by atoms with Crippen LogP contribution < -0.4 is 30.2 Å². The highest BCUT2D eigenvalue weighted by molar-refractivity contribution is 7.80. The number of thiocarbonyl (C=S) groups is 1. The summed E-state index contributed by atoms with van der Waals surface area (Å²) in [6, 6.07) is 12.5. The molecule has 152 valence electrons. The molecule has 0 unspecified atom stereocenters. The number of hydrogen-bond acceptors (Lipinski definition) is 5. The molecule has 2 aromatic carbocycles. The quantitative estimate of drug-likeness (QED) is 0.650. The van der Waals surface area contributed by atoms with Crippen LogP contribution in [0, 0.1) is 5.92 Å². The van der Waals surface area contributed by atoms with E-state index in [1.54, 1.807) is 31.4 Å². The number of rotatable bonds is 5. The number of hydrogen-bond donors (Lipinski definition) is 3. The van der Waals surface area contributed by atoms with Gasteiger partial charge in [-0.25, -0.2) is 0 Å². The molecular formula is C21H23N3O4S. The van der Waals surface area contributed by atoms with Crippen molar-refractivity contribution in [1.82, 2.24) is 10.6 Å². The molecule has 0 spiro atoms. The van der Waals surface area contributed by atoms with E-state index >= 15 is 0 Å². The minimum absolute atomic E-state index is 0.183. The van der Waals surface area contributed by atoms with E-state index in [1.807, 2.05) is 32.0 Å². The second-order valence-electron chi connectivity index (χ2n) is 7.09. The van der Waals surface area contributed by atoms with Gasteiger partial charge in [-0.05, 0) is 56.4 Å². The second kappa shape index (κ2) is 7.44. The molecule has 0 aliphatic carbocycles. The fraction of sp³-hybridized carbons (Fsp3) is 0.333. The molecule has 0 aromatic heterocycles. The first kappa shape index (κ1) is 19.3. The Morgan fingerprint density at radius 3 is 2.72 bits per heavy atom. The van der Waals surface area contributed by atoms with Crippen LogP contribution in [-0.2, 0) is 4.79 Å². The van der Waals surface area contributed by atoms with Crippen molar-refractivity contribution in [2.45, 2.75) is 25.6 Å². The van der Waals surface area contributed by atoms with Crippen LogP contribution in [0.2, 0.25) is 0 Å². The highest BCUT2D eigenvalue weighted by Gasteiger charge is 2.55. The maximum atomic E-state index is 13.3. The molecule has 1 fully saturated rings. The van der Waals surface area contributed by atoms with Crippen LogP contribution in [0.5, 0.6) is 17.2 Å². The van der Waals surface area contributed by atoms with Crippen molar-refractivity contribution in [2.24, 2.45) is 5.92 Å². The van der Waals surface area contributed by atoms with Gasteiger partial charge in [0.2, 0.25) is 5.91 Å². The molecule has 1 amide bonds. The molecule has 8 heteroatoms. The smallest absolute Gasteiger partial charge is 0.236 e. The van der Waals surface area contributed by atoms with Gasteiger partial charge in [-0.2, -0.15) is 0 Å². The van der Waals surface area contributed by atoms with E-state index < -0.39 is 11.6 Å². The Hall–Kier alpha value is -3.00. The zero-order chi connectivity index (χ0) is 20.6. The Kier molecular flexibility index (Phi) is 4.96. The average molecular weight is 413 g/mol. The van der Waals surface area contributed by atoms with Crippen LogP contribution >= 0.6 is 12.2 Å². The third kappa shape index (κ3) is 3.44. The molecule has 2 aliphatic heterocycles. The van der Waals surface area contributed by atoms with E-state index in [0.717, 1.165) is 11.3 Å². The number of para-hydroxylation sites is 1. The fourth-order valence-corrected chi connectivity index (χ4v) is 4.22. The number of carbonyl (C=O) groups is 1. The molecule has 1 saturated heterocycles. The molecule has 2 aromatic rings. The van der Waals surface area contributed by atoms with E-state index in [4.69, 9.17) is 26.4 Å². The van der Waals surface area contributed by atoms with E-state index in [1.165, 1.54) is 0 Å². The minimum Gasteiger partial charge on any atom is -0.497 e. The first-order valence-corrected chi connectivity index (χ1v) is 9.84. The van der Waals surface area contributed by atoms with E-state index in [2.05, 4.69) is 16.0 Å². The van der Waals surface area contributed by atoms with Gasteiger partial charge in [-0.1, -0.05) is 12.1 Å². The molecule has 2 bridgehead atoms. The number of carbonyl (C=O) groups excluding carboxylic acids is 1. The largest absolute Gasteiger partial charge is 0.497 e. The lowest BCUT2D eigenvalue weighted by Crippen LogP contribution is -2.70. The number of nitrogens with one attached hydrogen (secondary N) is 3. The fourth-order valence-electron chi connectivity index (χ4n) is 3.89. The van der Waals surface area contributed by atoms with E-state index in [-0.39, 0.29) is 11.9 Å². The Bertz CT molecular complexity index is 949. The Balaban J connectivity index is 1.69. The third-order valence-electron chi connectivity index (χ3n) is 5.17. The first-order chi connectivity index (χ1) is 13.9. The summed E-state index contributed by atoms with van der Waals surface area (Å²) in [6.07, 6.45) is 0. The summed E-state index contributed by atoms with van der Waals surface area (Å²) in [5.41, 5.74) is 0.491. The van der Waals surface area contributed by atoms with Crippen LogP contribution in [0.15, 0.2) is 42.5 Å². The number of ether oxygens (including phenoxy) is 3. The lowest BCUT2D eigenvalue weighted by molar-refractivity contribution is -0.132. The molecule has 29 heavy (non-hydrogen) atoms. The number of amides is 1. The van der Waals surface area contributed by atoms with Gasteiger partial charge < -0.3 is 30.2 Å². The predicted molar refractivity (Wildman–Crippen MR) is 113 cm³/mol. The van der Waals surface area contributed by atoms with E-state index in [0.29, 0.717) is 28.9 Å². The van der Waals surface area contributed by atoms with Gasteiger partial charge in [0, 0.05) is 11.3 Å². The van der Waals surface area contributed by atoms with Crippen molar-refractivity contribution in [1.29, 1.82) is 0 Å². The Morgan fingerprint density at radius 1 is 1.28 bits per heavy atom. The second-order valence-corrected chi connectivity index (χ2v) is 7.50. The van der Waals surface area contributed by atoms with Crippen molar-refractivity contribution in [3.63, 3.8) is 0 Å². The van der Waals surface area contributed by atoms with Gasteiger partial charge in [-0.15, -0.1) is 0 Å². The van der Waals surface area contributed by atoms with Crippen LogP contribution in [0.25, 0.3) is 0 Å². The van der Waals surface area contributed by atoms with Crippen LogP contribution in [0.1, 0.15) is 25.5 Å². The van der Waals surface area contributed by atoms with Crippen LogP contribution in [0.3, 0.4) is 0 Å². The highest BCUT2D eigenvalue weighted by Crippen LogP contribution is 2.48. The van der Waals surface area contributed by atoms with Gasteiger partial charge in [0.25, 0.3) is 0 Å². The topological polar surface area (TPSA) is 80.9 Å². The summed E-state index contributed by atoms with van der Waals surface area (Å²) >= 11 is 5.36. The zero-order valence-electron chi connectivity index (χ0n) is 16.4. The van der Waals surface area contributed by atoms with Gasteiger partial charge in [-0.3, -0.25) is 4.79 Å². The van der Waals surface area contributed by atoms with E-state index in [9.17, 15) is 4.79 Å². The summed E-state index contributed by atoms with van der Waals surface area (Å²) in [5.74, 6) is 1.24. The molecule has 3 N–H and O–H groups in total. The van der Waals surface area contributed by atoms with Gasteiger partial charge in [0.05, 0.1) is 19.8 Å². The number of anilines is 1. The highest BCUT2D eigenvalue weighted by atomic mass is 32.1. The van der Waals surface area contributed by atoms with Crippen molar-refractivity contribution in [3.05, 3.63) is 48.0 Å². The first-order valence-electron chi connectivity index (χ1n) is 9.43. The third-order valence-corrected chi connectivity index (χ3v) is 5.39. The maximum Gasteiger partial charge on any atom is 0.236 e. The molecule has 0 saturated carbocycles. The summed E-state index contributed by atoms with van der Waals surface area (Å²) in [6.45, 7) is 4.26. The van der Waals surface area contributed by atoms with Crippen molar-refractivity contribution >= 4 is 28.9 Å². The maximum absolute atomic E-state index is 13.3. The minimum atomic E-state index is -1.02. The van der Waals surface area contributed by atoms with Crippen molar-refractivity contribution < 1.29 is 19.0 Å². The number of methoxy groups -OCH3 is 1. The normalized spacial score (nSPS) is 24.3. The van der Waals surface area contributed by atoms with Crippen molar-refractivity contribution in [2.75, 3.05) is 19.0 Å².